The van der Waals surface area contributed by atoms with Gasteiger partial charge in [0.15, 0.2) is 0 Å². The van der Waals surface area contributed by atoms with Crippen molar-refractivity contribution in [3.63, 3.8) is 0 Å². The third-order valence-electron chi connectivity index (χ3n) is 4.03. The Labute approximate surface area is 124 Å². The van der Waals surface area contributed by atoms with Gasteiger partial charge < -0.3 is 5.32 Å². The molecule has 1 aromatic carbocycles. The third kappa shape index (κ3) is 5.62. The maximum atomic E-state index is 13.6. The van der Waals surface area contributed by atoms with Crippen LogP contribution in [0.4, 0.5) is 4.39 Å². The minimum Gasteiger partial charge on any atom is -0.310 e. The Morgan fingerprint density at radius 1 is 1.15 bits per heavy atom. The van der Waals surface area contributed by atoms with Gasteiger partial charge in [0.05, 0.1) is 0 Å². The Hall–Kier alpha value is -0.890. The van der Waals surface area contributed by atoms with E-state index >= 15 is 0 Å². The maximum absolute atomic E-state index is 13.6. The predicted octanol–water partition coefficient (Wildman–Crippen LogP) is 5.39. The minimum atomic E-state index is -0.121. The van der Waals surface area contributed by atoms with Gasteiger partial charge >= 0.3 is 0 Å². The van der Waals surface area contributed by atoms with Gasteiger partial charge in [-0.15, -0.1) is 0 Å². The fourth-order valence-electron chi connectivity index (χ4n) is 2.86. The van der Waals surface area contributed by atoms with Crippen molar-refractivity contribution in [1.82, 2.24) is 5.32 Å². The second-order valence-corrected chi connectivity index (χ2v) is 5.82. The van der Waals surface area contributed by atoms with Crippen LogP contribution in [0.25, 0.3) is 0 Å². The predicted molar refractivity (Wildman–Crippen MR) is 85.5 cm³/mol. The molecule has 0 aliphatic heterocycles. The zero-order valence-electron chi connectivity index (χ0n) is 13.5. The Morgan fingerprint density at radius 2 is 1.90 bits per heavy atom. The van der Waals surface area contributed by atoms with Crippen molar-refractivity contribution in [2.75, 3.05) is 6.54 Å². The highest BCUT2D eigenvalue weighted by molar-refractivity contribution is 5.26. The van der Waals surface area contributed by atoms with E-state index in [2.05, 4.69) is 32.2 Å². The van der Waals surface area contributed by atoms with Crippen LogP contribution in [0.3, 0.4) is 0 Å². The van der Waals surface area contributed by atoms with Crippen LogP contribution in [0, 0.1) is 18.7 Å². The number of rotatable bonds is 9. The first-order chi connectivity index (χ1) is 9.60. The monoisotopic (exact) mass is 279 g/mol. The highest BCUT2D eigenvalue weighted by atomic mass is 19.1. The van der Waals surface area contributed by atoms with Crippen molar-refractivity contribution in [2.24, 2.45) is 5.92 Å². The average molecular weight is 279 g/mol. The molecule has 1 nitrogen and oxygen atoms in total. The maximum Gasteiger partial charge on any atom is 0.123 e. The van der Waals surface area contributed by atoms with Crippen LogP contribution >= 0.6 is 0 Å². The van der Waals surface area contributed by atoms with Crippen molar-refractivity contribution < 1.29 is 4.39 Å². The molecule has 114 valence electrons. The first-order valence-electron chi connectivity index (χ1n) is 8.11. The van der Waals surface area contributed by atoms with Crippen molar-refractivity contribution in [2.45, 2.75) is 65.8 Å². The lowest BCUT2D eigenvalue weighted by Crippen LogP contribution is -2.23. The fraction of sp³-hybridized carbons (Fsp3) is 0.667. The van der Waals surface area contributed by atoms with Gasteiger partial charge in [0.2, 0.25) is 0 Å². The van der Waals surface area contributed by atoms with Crippen molar-refractivity contribution in [3.8, 4) is 0 Å². The van der Waals surface area contributed by atoms with Crippen LogP contribution in [0.15, 0.2) is 18.2 Å². The van der Waals surface area contributed by atoms with E-state index < -0.39 is 0 Å². The van der Waals surface area contributed by atoms with Gasteiger partial charge in [0, 0.05) is 6.04 Å². The number of benzene rings is 1. The zero-order valence-corrected chi connectivity index (χ0v) is 13.5. The highest BCUT2D eigenvalue weighted by Gasteiger charge is 2.17. The lowest BCUT2D eigenvalue weighted by atomic mass is 9.88. The summed E-state index contributed by atoms with van der Waals surface area (Å²) >= 11 is 0. The van der Waals surface area contributed by atoms with Crippen LogP contribution < -0.4 is 5.32 Å². The number of nitrogens with one attached hydrogen (secondary N) is 1. The Kier molecular flexibility index (Phi) is 7.83. The summed E-state index contributed by atoms with van der Waals surface area (Å²) in [6.45, 7) is 9.51. The van der Waals surface area contributed by atoms with Crippen LogP contribution in [-0.4, -0.2) is 6.54 Å². The van der Waals surface area contributed by atoms with Gasteiger partial charge in [-0.05, 0) is 49.1 Å². The Bertz CT molecular complexity index is 369. The molecule has 0 spiro atoms. The molecule has 0 aromatic heterocycles. The molecule has 0 saturated heterocycles. The van der Waals surface area contributed by atoms with E-state index in [9.17, 15) is 4.39 Å². The Morgan fingerprint density at radius 3 is 2.45 bits per heavy atom. The van der Waals surface area contributed by atoms with E-state index in [-0.39, 0.29) is 11.9 Å². The SMILES string of the molecule is CCCCC(CC)CC(NCC)c1cc(C)cc(F)c1. The lowest BCUT2D eigenvalue weighted by molar-refractivity contribution is 0.356. The van der Waals surface area contributed by atoms with E-state index in [1.54, 1.807) is 12.1 Å². The van der Waals surface area contributed by atoms with E-state index in [1.165, 1.54) is 25.7 Å². The summed E-state index contributed by atoms with van der Waals surface area (Å²) in [5.41, 5.74) is 2.10. The first-order valence-corrected chi connectivity index (χ1v) is 8.11. The highest BCUT2D eigenvalue weighted by Crippen LogP contribution is 2.27. The number of unbranched alkanes of at least 4 members (excludes halogenated alkanes) is 1. The second kappa shape index (κ2) is 9.12. The number of halogens is 1. The number of aryl methyl sites for hydroxylation is 1. The molecular formula is C18H30FN. The molecule has 0 bridgehead atoms. The molecule has 1 rings (SSSR count). The molecule has 0 fully saturated rings. The normalized spacial score (nSPS) is 14.2. The van der Waals surface area contributed by atoms with E-state index in [1.807, 2.05) is 6.92 Å². The molecule has 0 heterocycles. The summed E-state index contributed by atoms with van der Waals surface area (Å²) in [6, 6.07) is 5.67. The largest absolute Gasteiger partial charge is 0.310 e. The molecule has 0 saturated carbocycles. The number of hydrogen-bond donors (Lipinski definition) is 1. The summed E-state index contributed by atoms with van der Waals surface area (Å²) in [6.07, 6.45) is 6.13. The van der Waals surface area contributed by atoms with E-state index in [4.69, 9.17) is 0 Å². The molecule has 2 heteroatoms. The molecule has 0 radical (unpaired) electrons. The van der Waals surface area contributed by atoms with E-state index in [0.717, 1.165) is 30.0 Å². The van der Waals surface area contributed by atoms with Gasteiger partial charge in [0.25, 0.3) is 0 Å². The quantitative estimate of drug-likeness (QED) is 0.639. The molecule has 1 aromatic rings. The van der Waals surface area contributed by atoms with Gasteiger partial charge in [-0.25, -0.2) is 4.39 Å². The second-order valence-electron chi connectivity index (χ2n) is 5.82. The first kappa shape index (κ1) is 17.2. The van der Waals surface area contributed by atoms with Crippen molar-refractivity contribution >= 4 is 0 Å². The molecule has 0 aliphatic rings. The van der Waals surface area contributed by atoms with Gasteiger partial charge in [-0.3, -0.25) is 0 Å². The van der Waals surface area contributed by atoms with Crippen LogP contribution in [0.1, 0.15) is 70.0 Å². The molecule has 20 heavy (non-hydrogen) atoms. The summed E-state index contributed by atoms with van der Waals surface area (Å²) in [4.78, 5) is 0. The molecule has 0 aliphatic carbocycles. The topological polar surface area (TPSA) is 12.0 Å². The van der Waals surface area contributed by atoms with Gasteiger partial charge in [-0.1, -0.05) is 52.5 Å². The molecular weight excluding hydrogens is 249 g/mol. The minimum absolute atomic E-state index is 0.121. The van der Waals surface area contributed by atoms with Gasteiger partial charge in [0.1, 0.15) is 5.82 Å². The average Bonchev–Trinajstić information content (AvgIpc) is 2.41. The van der Waals surface area contributed by atoms with Crippen molar-refractivity contribution in [1.29, 1.82) is 0 Å². The molecule has 1 N–H and O–H groups in total. The lowest BCUT2D eigenvalue weighted by Gasteiger charge is -2.24. The van der Waals surface area contributed by atoms with Crippen LogP contribution in [0.2, 0.25) is 0 Å². The molecule has 2 unspecified atom stereocenters. The van der Waals surface area contributed by atoms with Crippen LogP contribution in [-0.2, 0) is 0 Å². The standard InChI is InChI=1S/C18H30FN/c1-5-8-9-15(6-2)12-18(20-7-3)16-10-14(4)11-17(19)13-16/h10-11,13,15,18,20H,5-9,12H2,1-4H3. The van der Waals surface area contributed by atoms with Crippen molar-refractivity contribution in [3.05, 3.63) is 35.1 Å². The smallest absolute Gasteiger partial charge is 0.123 e. The fourth-order valence-corrected chi connectivity index (χ4v) is 2.86. The number of hydrogen-bond acceptors (Lipinski definition) is 1. The molecule has 2 atom stereocenters. The van der Waals surface area contributed by atoms with Crippen LogP contribution in [0.5, 0.6) is 0 Å². The zero-order chi connectivity index (χ0) is 15.0. The Balaban J connectivity index is 2.81. The van der Waals surface area contributed by atoms with Gasteiger partial charge in [-0.2, -0.15) is 0 Å². The summed E-state index contributed by atoms with van der Waals surface area (Å²) < 4.78 is 13.6. The summed E-state index contributed by atoms with van der Waals surface area (Å²) in [5, 5.41) is 3.53. The summed E-state index contributed by atoms with van der Waals surface area (Å²) in [7, 11) is 0. The third-order valence-corrected chi connectivity index (χ3v) is 4.03. The molecule has 0 amide bonds. The van der Waals surface area contributed by atoms with E-state index in [0.29, 0.717) is 0 Å². The summed E-state index contributed by atoms with van der Waals surface area (Å²) in [5.74, 6) is 0.604.